The Morgan fingerprint density at radius 3 is 1.38 bits per heavy atom. The van der Waals surface area contributed by atoms with Crippen molar-refractivity contribution in [3.8, 4) is 22.3 Å². The number of carboxylic acid groups (broad SMARTS) is 1. The molecule has 0 unspecified atom stereocenters. The maximum Gasteiger partial charge on any atom is 0.364 e. The lowest BCUT2D eigenvalue weighted by atomic mass is 9.88. The second-order valence-corrected chi connectivity index (χ2v) is 23.5. The molecule has 24 nitrogen and oxygen atoms in total. The third-order valence-electron chi connectivity index (χ3n) is 16.4. The minimum absolute atomic E-state index is 0.00209. The van der Waals surface area contributed by atoms with E-state index >= 15 is 0 Å². The molecule has 0 radical (unpaired) electrons. The first kappa shape index (κ1) is 72.3. The average Bonchev–Trinajstić information content (AvgIpc) is 0.822. The van der Waals surface area contributed by atoms with E-state index in [9.17, 15) is 74.1 Å². The van der Waals surface area contributed by atoms with Crippen molar-refractivity contribution in [3.05, 3.63) is 156 Å². The summed E-state index contributed by atoms with van der Waals surface area (Å²) < 4.78 is 23.5. The summed E-state index contributed by atoms with van der Waals surface area (Å²) >= 11 is 0. The van der Waals surface area contributed by atoms with Crippen molar-refractivity contribution in [1.82, 2.24) is 26.6 Å². The fourth-order valence-corrected chi connectivity index (χ4v) is 11.2. The minimum Gasteiger partial charge on any atom is -0.477 e. The van der Waals surface area contributed by atoms with Crippen LogP contribution in [0.1, 0.15) is 132 Å². The zero-order valence-electron chi connectivity index (χ0n) is 52.1. The molecule has 5 amide bonds. The second kappa shape index (κ2) is 35.2. The SMILES string of the molecule is CC(=O)N[C@H]1[C@H]([C@H](O)[C@H](O)CNC(=O)c2ccc(-c3ccccc3)cc2)O[C@](C=O)(OCCCCCCNC(=O)c2ccc(C(=O)CCCCCCCO[C@]3(C(=O)O)C[C@H](O)[C@@H](NC(C)=O)[C@H]([C@H](O)[C@H](O)CNC(=O)c4ccc(-c5ccccc5)cc4)O3)cc2)C[C@@H]1O. The van der Waals surface area contributed by atoms with Gasteiger partial charge in [-0.1, -0.05) is 129 Å². The lowest BCUT2D eigenvalue weighted by Gasteiger charge is -2.46. The molecule has 0 saturated carbocycles. The third-order valence-corrected chi connectivity index (χ3v) is 16.4. The van der Waals surface area contributed by atoms with Crippen molar-refractivity contribution in [3.63, 3.8) is 0 Å². The number of aliphatic hydroxyl groups excluding tert-OH is 6. The average molecular weight is 1290 g/mol. The molecule has 5 aromatic carbocycles. The summed E-state index contributed by atoms with van der Waals surface area (Å²) in [6.45, 7) is 1.63. The van der Waals surface area contributed by atoms with Gasteiger partial charge in [0.25, 0.3) is 23.5 Å². The summed E-state index contributed by atoms with van der Waals surface area (Å²) in [6, 6.07) is 36.3. The van der Waals surface area contributed by atoms with Gasteiger partial charge in [0.2, 0.25) is 17.6 Å². The summed E-state index contributed by atoms with van der Waals surface area (Å²) in [7, 11) is 0. The lowest BCUT2D eigenvalue weighted by molar-refractivity contribution is -0.310. The fraction of sp³-hybridized carbons (Fsp3) is 0.449. The number of nitrogens with one attached hydrogen (secondary N) is 5. The Hall–Kier alpha value is -8.14. The molecule has 0 spiro atoms. The predicted molar refractivity (Wildman–Crippen MR) is 339 cm³/mol. The fourth-order valence-electron chi connectivity index (χ4n) is 11.2. The van der Waals surface area contributed by atoms with E-state index < -0.39 is 122 Å². The van der Waals surface area contributed by atoms with Crippen molar-refractivity contribution in [2.75, 3.05) is 32.8 Å². The molecule has 0 aromatic heterocycles. The van der Waals surface area contributed by atoms with Crippen molar-refractivity contribution >= 4 is 47.6 Å². The monoisotopic (exact) mass is 1290 g/mol. The molecule has 2 fully saturated rings. The second-order valence-electron chi connectivity index (χ2n) is 23.5. The molecule has 2 aliphatic heterocycles. The van der Waals surface area contributed by atoms with Gasteiger partial charge in [-0.05, 0) is 84.3 Å². The number of unbranched alkanes of at least 4 members (excludes halogenated alkanes) is 7. The largest absolute Gasteiger partial charge is 0.477 e. The Morgan fingerprint density at radius 2 is 0.903 bits per heavy atom. The quantitative estimate of drug-likeness (QED) is 0.0154. The molecule has 500 valence electrons. The summed E-state index contributed by atoms with van der Waals surface area (Å²) in [4.78, 5) is 102. The van der Waals surface area contributed by atoms with Crippen LogP contribution in [0.25, 0.3) is 22.3 Å². The van der Waals surface area contributed by atoms with Crippen LogP contribution in [0.2, 0.25) is 0 Å². The summed E-state index contributed by atoms with van der Waals surface area (Å²) in [5.74, 6) is -8.82. The zero-order chi connectivity index (χ0) is 67.1. The normalized spacial score (nSPS) is 22.4. The number of ketones is 1. The van der Waals surface area contributed by atoms with Crippen LogP contribution < -0.4 is 26.6 Å². The molecule has 2 saturated heterocycles. The molecule has 12 atom stereocenters. The van der Waals surface area contributed by atoms with E-state index in [2.05, 4.69) is 26.6 Å². The van der Waals surface area contributed by atoms with Gasteiger partial charge in [-0.15, -0.1) is 0 Å². The van der Waals surface area contributed by atoms with Gasteiger partial charge in [-0.3, -0.25) is 33.6 Å². The highest BCUT2D eigenvalue weighted by Crippen LogP contribution is 2.35. The van der Waals surface area contributed by atoms with E-state index in [0.717, 1.165) is 29.2 Å². The summed E-state index contributed by atoms with van der Waals surface area (Å²) in [6.07, 6.45) is -8.63. The van der Waals surface area contributed by atoms with Crippen LogP contribution in [0.5, 0.6) is 0 Å². The number of aliphatic carboxylic acids is 1. The van der Waals surface area contributed by atoms with Gasteiger partial charge in [0.1, 0.15) is 24.4 Å². The van der Waals surface area contributed by atoms with E-state index in [4.69, 9.17) is 18.9 Å². The predicted octanol–water partition coefficient (Wildman–Crippen LogP) is 4.16. The maximum atomic E-state index is 13.0. The van der Waals surface area contributed by atoms with Gasteiger partial charge in [0, 0.05) is 75.0 Å². The Labute approximate surface area is 539 Å². The molecule has 7 rings (SSSR count). The van der Waals surface area contributed by atoms with Gasteiger partial charge < -0.3 is 81.3 Å². The number of Topliss-reactive ketones (excluding diaryl/α,β-unsaturated/α-hetero) is 1. The number of carboxylic acids is 1. The van der Waals surface area contributed by atoms with E-state index in [1.807, 2.05) is 60.7 Å². The minimum atomic E-state index is -2.46. The molecule has 12 N–H and O–H groups in total. The number of aldehydes is 1. The number of carbonyl (C=O) groups excluding carboxylic acids is 7. The molecule has 5 aromatic rings. The Balaban J connectivity index is 0.765. The highest BCUT2D eigenvalue weighted by molar-refractivity contribution is 5.99. The van der Waals surface area contributed by atoms with Gasteiger partial charge in [-0.25, -0.2) is 4.79 Å². The van der Waals surface area contributed by atoms with Gasteiger partial charge in [-0.2, -0.15) is 0 Å². The van der Waals surface area contributed by atoms with Crippen LogP contribution in [0, 0.1) is 0 Å². The standard InChI is InChI=1S/C69H85N5O19/c1-43(76)73-58-54(79)38-68(42-75,92-62(58)60(83)56(81)40-71-65(86)51-29-23-47(24-30-51)45-18-10-8-11-19-45)90-36-16-7-5-15-35-70-64(85)50-33-27-49(28-34-50)53(78)22-14-4-3-6-17-37-91-69(67(88)89)39-55(80)59(74-44(2)77)63(93-69)61(84)57(82)41-72-66(87)52-31-25-48(26-32-52)46-20-12-9-13-21-46/h8-13,18-21,23-34,42,54-63,79-84H,3-7,14-17,22,35-41H2,1-2H3,(H,70,85)(H,71,86)(H,72,87)(H,73,76)(H,74,77)(H,88,89)/t54-,55-,56+,57+,58+,59+,60+,61+,62+,63+,68+,69+/m0/s1. The molecule has 93 heavy (non-hydrogen) atoms. The molecule has 24 heteroatoms. The summed E-state index contributed by atoms with van der Waals surface area (Å²) in [5.41, 5.74) is 5.06. The number of aliphatic hydroxyl groups is 6. The first-order valence-electron chi connectivity index (χ1n) is 31.4. The van der Waals surface area contributed by atoms with E-state index in [-0.39, 0.29) is 43.3 Å². The van der Waals surface area contributed by atoms with Crippen molar-refractivity contribution in [2.45, 2.75) is 163 Å². The maximum absolute atomic E-state index is 13.0. The van der Waals surface area contributed by atoms with Crippen LogP contribution >= 0.6 is 0 Å². The number of rotatable bonds is 35. The first-order chi connectivity index (χ1) is 44.6. The molecule has 2 heterocycles. The van der Waals surface area contributed by atoms with Gasteiger partial charge in [0.05, 0.1) is 49.7 Å². The van der Waals surface area contributed by atoms with Crippen LogP contribution in [-0.4, -0.2) is 189 Å². The highest BCUT2D eigenvalue weighted by atomic mass is 16.7. The van der Waals surface area contributed by atoms with Crippen molar-refractivity contribution in [1.29, 1.82) is 0 Å². The van der Waals surface area contributed by atoms with Crippen LogP contribution in [0.4, 0.5) is 0 Å². The van der Waals surface area contributed by atoms with Crippen LogP contribution in [0.15, 0.2) is 133 Å². The van der Waals surface area contributed by atoms with Crippen molar-refractivity contribution < 1.29 is 93.0 Å². The number of hydrogen-bond donors (Lipinski definition) is 12. The Bertz CT molecular complexity index is 3250. The van der Waals surface area contributed by atoms with E-state index in [1.165, 1.54) is 6.92 Å². The van der Waals surface area contributed by atoms with Gasteiger partial charge in [0.15, 0.2) is 12.1 Å². The van der Waals surface area contributed by atoms with E-state index in [1.54, 1.807) is 72.8 Å². The summed E-state index contributed by atoms with van der Waals surface area (Å²) in [5, 5.41) is 90.3. The first-order valence-corrected chi connectivity index (χ1v) is 31.4. The lowest BCUT2D eigenvalue weighted by Crippen LogP contribution is -2.68. The molecular formula is C69H85N5O19. The van der Waals surface area contributed by atoms with Crippen LogP contribution in [-0.2, 0) is 38.1 Å². The topological polar surface area (TPSA) is 375 Å². The highest BCUT2D eigenvalue weighted by Gasteiger charge is 2.56. The molecule has 0 bridgehead atoms. The van der Waals surface area contributed by atoms with E-state index in [0.29, 0.717) is 87.3 Å². The molecule has 0 aliphatic carbocycles. The number of benzene rings is 5. The third kappa shape index (κ3) is 20.7. The van der Waals surface area contributed by atoms with Gasteiger partial charge >= 0.3 is 5.97 Å². The molecule has 2 aliphatic rings. The number of carbonyl (C=O) groups is 8. The number of amides is 5. The zero-order valence-corrected chi connectivity index (χ0v) is 52.1. The number of ether oxygens (including phenoxy) is 4. The van der Waals surface area contributed by atoms with Crippen LogP contribution in [0.3, 0.4) is 0 Å². The Morgan fingerprint density at radius 1 is 0.505 bits per heavy atom. The smallest absolute Gasteiger partial charge is 0.364 e. The van der Waals surface area contributed by atoms with Crippen molar-refractivity contribution in [2.24, 2.45) is 0 Å². The number of hydrogen-bond acceptors (Lipinski definition) is 18. The Kier molecular flexibility index (Phi) is 27.4. The molecular weight excluding hydrogens is 1200 g/mol.